The Balaban J connectivity index is 1.29. The van der Waals surface area contributed by atoms with E-state index in [4.69, 9.17) is 9.47 Å². The molecule has 1 aromatic carbocycles. The van der Waals surface area contributed by atoms with Crippen LogP contribution >= 0.6 is 34.9 Å². The molecule has 4 rings (SSSR count). The van der Waals surface area contributed by atoms with Gasteiger partial charge in [-0.25, -0.2) is 0 Å². The van der Waals surface area contributed by atoms with E-state index < -0.39 is 0 Å². The van der Waals surface area contributed by atoms with Gasteiger partial charge in [0, 0.05) is 13.1 Å². The molecule has 2 aliphatic heterocycles. The molecule has 0 aliphatic carbocycles. The fourth-order valence-corrected chi connectivity index (χ4v) is 4.74. The van der Waals surface area contributed by atoms with Crippen LogP contribution < -0.4 is 14.8 Å². The number of aromatic nitrogens is 2. The average molecular weight is 451 g/mol. The molecule has 3 heterocycles. The van der Waals surface area contributed by atoms with Crippen molar-refractivity contribution in [3.05, 3.63) is 34.2 Å². The molecular formula is C17H14N4O5S3. The van der Waals surface area contributed by atoms with Gasteiger partial charge in [-0.15, -0.1) is 10.2 Å². The van der Waals surface area contributed by atoms with Crippen molar-refractivity contribution in [2.75, 3.05) is 25.6 Å². The Bertz CT molecular complexity index is 979. The molecule has 0 unspecified atom stereocenters. The van der Waals surface area contributed by atoms with Crippen LogP contribution in [-0.2, 0) is 9.59 Å². The lowest BCUT2D eigenvalue weighted by Crippen LogP contribution is -2.37. The molecule has 0 saturated carbocycles. The van der Waals surface area contributed by atoms with Crippen LogP contribution in [0.15, 0.2) is 33.0 Å². The van der Waals surface area contributed by atoms with E-state index in [1.807, 2.05) is 0 Å². The van der Waals surface area contributed by atoms with Gasteiger partial charge in [-0.05, 0) is 35.5 Å². The molecule has 0 spiro atoms. The van der Waals surface area contributed by atoms with Gasteiger partial charge in [-0.2, -0.15) is 0 Å². The molecule has 29 heavy (non-hydrogen) atoms. The van der Waals surface area contributed by atoms with Gasteiger partial charge in [0.25, 0.3) is 11.1 Å². The minimum Gasteiger partial charge on any atom is -0.454 e. The number of amides is 3. The molecule has 1 N–H and O–H groups in total. The van der Waals surface area contributed by atoms with Crippen LogP contribution in [0.3, 0.4) is 0 Å². The van der Waals surface area contributed by atoms with E-state index in [1.165, 1.54) is 23.1 Å². The number of ether oxygens (including phenoxy) is 2. The van der Waals surface area contributed by atoms with E-state index in [0.29, 0.717) is 20.7 Å². The molecule has 0 radical (unpaired) electrons. The smallest absolute Gasteiger partial charge is 0.293 e. The van der Waals surface area contributed by atoms with Gasteiger partial charge in [0.1, 0.15) is 5.51 Å². The molecule has 0 bridgehead atoms. The van der Waals surface area contributed by atoms with Crippen molar-refractivity contribution in [1.29, 1.82) is 0 Å². The van der Waals surface area contributed by atoms with Gasteiger partial charge >= 0.3 is 0 Å². The lowest BCUT2D eigenvalue weighted by molar-refractivity contribution is -0.123. The number of thioether (sulfide) groups is 2. The Labute approximate surface area is 177 Å². The Morgan fingerprint density at radius 1 is 1.31 bits per heavy atom. The second-order valence-electron chi connectivity index (χ2n) is 5.79. The summed E-state index contributed by atoms with van der Waals surface area (Å²) >= 11 is 3.51. The maximum absolute atomic E-state index is 12.5. The van der Waals surface area contributed by atoms with Gasteiger partial charge in [0.2, 0.25) is 12.7 Å². The van der Waals surface area contributed by atoms with Crippen molar-refractivity contribution in [2.24, 2.45) is 0 Å². The zero-order valence-corrected chi connectivity index (χ0v) is 17.3. The first-order valence-electron chi connectivity index (χ1n) is 8.41. The molecule has 2 aliphatic rings. The topological polar surface area (TPSA) is 111 Å². The zero-order valence-electron chi connectivity index (χ0n) is 14.8. The fraction of sp³-hybridized carbons (Fsp3) is 0.235. The molecule has 150 valence electrons. The third-order valence-electron chi connectivity index (χ3n) is 3.89. The predicted octanol–water partition coefficient (Wildman–Crippen LogP) is 2.21. The fourth-order valence-electron chi connectivity index (χ4n) is 2.56. The molecule has 9 nitrogen and oxygen atoms in total. The Morgan fingerprint density at radius 3 is 3.00 bits per heavy atom. The molecular weight excluding hydrogens is 436 g/mol. The first kappa shape index (κ1) is 19.7. The van der Waals surface area contributed by atoms with E-state index in [0.717, 1.165) is 22.2 Å². The van der Waals surface area contributed by atoms with Gasteiger partial charge < -0.3 is 14.8 Å². The molecule has 0 atom stereocenters. The predicted molar refractivity (Wildman–Crippen MR) is 109 cm³/mol. The summed E-state index contributed by atoms with van der Waals surface area (Å²) in [6.45, 7) is 0.462. The molecule has 1 saturated heterocycles. The average Bonchev–Trinajstić information content (AvgIpc) is 3.44. The third-order valence-corrected chi connectivity index (χ3v) is 6.66. The SMILES string of the molecule is O=C(CSc1nncs1)NCCN1C(=O)SC(=Cc2ccc3c(c2)OCO3)C1=O. The van der Waals surface area contributed by atoms with Crippen molar-refractivity contribution >= 4 is 58.0 Å². The lowest BCUT2D eigenvalue weighted by Gasteiger charge is -2.12. The number of benzene rings is 1. The van der Waals surface area contributed by atoms with Gasteiger partial charge in [0.15, 0.2) is 15.8 Å². The van der Waals surface area contributed by atoms with Crippen LogP contribution in [0.2, 0.25) is 0 Å². The summed E-state index contributed by atoms with van der Waals surface area (Å²) in [4.78, 5) is 38.0. The van der Waals surface area contributed by atoms with E-state index >= 15 is 0 Å². The Morgan fingerprint density at radius 2 is 2.17 bits per heavy atom. The Kier molecular flexibility index (Phi) is 6.02. The van der Waals surface area contributed by atoms with E-state index in [2.05, 4.69) is 15.5 Å². The number of nitrogens with one attached hydrogen (secondary N) is 1. The number of carbonyl (C=O) groups is 3. The quantitative estimate of drug-likeness (QED) is 0.501. The standard InChI is InChI=1S/C17H14N4O5S3/c22-14(7-27-16-20-19-8-28-16)18-3-4-21-15(23)13(29-17(21)24)6-10-1-2-11-12(5-10)26-9-25-11/h1-2,5-6,8H,3-4,7,9H2,(H,18,22). The lowest BCUT2D eigenvalue weighted by atomic mass is 10.2. The van der Waals surface area contributed by atoms with Gasteiger partial charge in [-0.3, -0.25) is 19.3 Å². The summed E-state index contributed by atoms with van der Waals surface area (Å²) in [6, 6.07) is 5.30. The molecule has 12 heteroatoms. The highest BCUT2D eigenvalue weighted by atomic mass is 32.2. The normalized spacial score (nSPS) is 16.7. The number of imide groups is 1. The van der Waals surface area contributed by atoms with E-state index in [9.17, 15) is 14.4 Å². The summed E-state index contributed by atoms with van der Waals surface area (Å²) in [5, 5.41) is 9.88. The highest BCUT2D eigenvalue weighted by Crippen LogP contribution is 2.36. The minimum absolute atomic E-state index is 0.109. The van der Waals surface area contributed by atoms with Gasteiger partial charge in [0.05, 0.1) is 10.7 Å². The van der Waals surface area contributed by atoms with Crippen LogP contribution in [0, 0.1) is 0 Å². The maximum Gasteiger partial charge on any atom is 0.293 e. The zero-order chi connectivity index (χ0) is 20.2. The molecule has 1 aromatic heterocycles. The third kappa shape index (κ3) is 4.71. The summed E-state index contributed by atoms with van der Waals surface area (Å²) in [6.07, 6.45) is 1.64. The second-order valence-corrected chi connectivity index (χ2v) is 8.84. The summed E-state index contributed by atoms with van der Waals surface area (Å²) in [7, 11) is 0. The molecule has 2 aromatic rings. The highest BCUT2D eigenvalue weighted by molar-refractivity contribution is 8.18. The van der Waals surface area contributed by atoms with Crippen LogP contribution in [0.5, 0.6) is 11.5 Å². The van der Waals surface area contributed by atoms with Gasteiger partial charge in [-0.1, -0.05) is 29.2 Å². The van der Waals surface area contributed by atoms with Crippen molar-refractivity contribution in [1.82, 2.24) is 20.4 Å². The number of fused-ring (bicyclic) bond motifs is 1. The van der Waals surface area contributed by atoms with Crippen LogP contribution in [-0.4, -0.2) is 57.8 Å². The number of rotatable bonds is 7. The van der Waals surface area contributed by atoms with E-state index in [-0.39, 0.29) is 42.7 Å². The van der Waals surface area contributed by atoms with Crippen LogP contribution in [0.25, 0.3) is 6.08 Å². The number of carbonyl (C=O) groups excluding carboxylic acids is 3. The van der Waals surface area contributed by atoms with Crippen molar-refractivity contribution in [3.63, 3.8) is 0 Å². The number of nitrogens with zero attached hydrogens (tertiary/aromatic N) is 3. The second kappa shape index (κ2) is 8.84. The largest absolute Gasteiger partial charge is 0.454 e. The van der Waals surface area contributed by atoms with Crippen LogP contribution in [0.4, 0.5) is 4.79 Å². The Hall–Kier alpha value is -2.57. The first-order valence-corrected chi connectivity index (χ1v) is 11.1. The molecule has 1 fully saturated rings. The molecule has 3 amide bonds. The highest BCUT2D eigenvalue weighted by Gasteiger charge is 2.34. The number of hydrogen-bond donors (Lipinski definition) is 1. The van der Waals surface area contributed by atoms with E-state index in [1.54, 1.807) is 29.8 Å². The number of hydrogen-bond acceptors (Lipinski definition) is 10. The van der Waals surface area contributed by atoms with Crippen molar-refractivity contribution < 1.29 is 23.9 Å². The maximum atomic E-state index is 12.5. The monoisotopic (exact) mass is 450 g/mol. The van der Waals surface area contributed by atoms with Crippen molar-refractivity contribution in [2.45, 2.75) is 4.34 Å². The summed E-state index contributed by atoms with van der Waals surface area (Å²) in [5.41, 5.74) is 2.33. The van der Waals surface area contributed by atoms with Crippen LogP contribution in [0.1, 0.15) is 5.56 Å². The van der Waals surface area contributed by atoms with Crippen molar-refractivity contribution in [3.8, 4) is 11.5 Å². The summed E-state index contributed by atoms with van der Waals surface area (Å²) in [5.74, 6) is 0.867. The summed E-state index contributed by atoms with van der Waals surface area (Å²) < 4.78 is 11.3. The first-order chi connectivity index (χ1) is 14.1. The minimum atomic E-state index is -0.379.